The van der Waals surface area contributed by atoms with Gasteiger partial charge in [-0.3, -0.25) is 0 Å². The molecular weight excluding hydrogens is 312 g/mol. The Balaban J connectivity index is 1.49. The fraction of sp³-hybridized carbons (Fsp3) is 0.619. The lowest BCUT2D eigenvalue weighted by Gasteiger charge is -2.35. The highest BCUT2D eigenvalue weighted by Gasteiger charge is 2.22. The number of piperidine rings is 1. The minimum absolute atomic E-state index is 0.475. The first-order chi connectivity index (χ1) is 12.2. The minimum Gasteiger partial charge on any atom is -0.461 e. The second kappa shape index (κ2) is 8.72. The molecule has 1 fully saturated rings. The minimum atomic E-state index is 0.475. The summed E-state index contributed by atoms with van der Waals surface area (Å²) in [7, 11) is 0. The van der Waals surface area contributed by atoms with Gasteiger partial charge in [0.25, 0.3) is 0 Å². The molecule has 4 nitrogen and oxygen atoms in total. The molecule has 0 N–H and O–H groups in total. The van der Waals surface area contributed by atoms with Crippen LogP contribution in [0.1, 0.15) is 38.7 Å². The van der Waals surface area contributed by atoms with Crippen LogP contribution in [0.25, 0.3) is 0 Å². The van der Waals surface area contributed by atoms with Crippen molar-refractivity contribution in [3.05, 3.63) is 36.2 Å². The number of rotatable bonds is 7. The summed E-state index contributed by atoms with van der Waals surface area (Å²) < 4.78 is 11.5. The largest absolute Gasteiger partial charge is 0.461 e. The number of benzene rings is 1. The van der Waals surface area contributed by atoms with Gasteiger partial charge in [-0.1, -0.05) is 19.9 Å². The quantitative estimate of drug-likeness (QED) is 0.740. The lowest BCUT2D eigenvalue weighted by atomic mass is 10.0. The summed E-state index contributed by atoms with van der Waals surface area (Å²) in [6.07, 6.45) is 7.79. The molecular formula is C21H32N2O2. The first-order valence-corrected chi connectivity index (χ1v) is 9.70. The maximum Gasteiger partial charge on any atom is 0.150 e. The zero-order chi connectivity index (χ0) is 17.6. The van der Waals surface area contributed by atoms with Crippen molar-refractivity contribution in [2.45, 2.75) is 46.1 Å². The highest BCUT2D eigenvalue weighted by molar-refractivity contribution is 5.63. The number of nitrogens with zero attached hydrogens (tertiary/aromatic N) is 2. The van der Waals surface area contributed by atoms with E-state index < -0.39 is 0 Å². The van der Waals surface area contributed by atoms with E-state index in [1.54, 1.807) is 6.26 Å². The number of hydrogen-bond acceptors (Lipinski definition) is 4. The van der Waals surface area contributed by atoms with E-state index in [1.807, 2.05) is 0 Å². The number of likely N-dealkylation sites (tertiary alicyclic amines) is 1. The van der Waals surface area contributed by atoms with Gasteiger partial charge in [-0.2, -0.15) is 0 Å². The predicted molar refractivity (Wildman–Crippen MR) is 103 cm³/mol. The van der Waals surface area contributed by atoms with Gasteiger partial charge in [0.1, 0.15) is 12.0 Å². The summed E-state index contributed by atoms with van der Waals surface area (Å²) in [5.74, 6) is 1.55. The Morgan fingerprint density at radius 2 is 2.04 bits per heavy atom. The Labute approximate surface area is 152 Å². The summed E-state index contributed by atoms with van der Waals surface area (Å²) in [4.78, 5) is 4.92. The lowest BCUT2D eigenvalue weighted by molar-refractivity contribution is 0.00563. The Morgan fingerprint density at radius 1 is 1.24 bits per heavy atom. The molecule has 4 heteroatoms. The fourth-order valence-corrected chi connectivity index (χ4v) is 3.75. The molecule has 0 radical (unpaired) electrons. The standard InChI is InChI=1S/C21H32N2O2/c1-4-12-24-19-7-9-22(10-8-19)15-18(3)16-23-11-13-25-21-6-5-17(2)14-20(21)23/h5-6,11,13-14,18-19H,4,7-10,12,15-16H2,1-3H3/t18-/m1/s1. The molecule has 2 aliphatic rings. The van der Waals surface area contributed by atoms with E-state index in [0.29, 0.717) is 12.0 Å². The summed E-state index contributed by atoms with van der Waals surface area (Å²) in [5, 5.41) is 0. The van der Waals surface area contributed by atoms with Gasteiger partial charge in [-0.05, 0) is 49.8 Å². The predicted octanol–water partition coefficient (Wildman–Crippen LogP) is 4.19. The zero-order valence-corrected chi connectivity index (χ0v) is 15.9. The third-order valence-corrected chi connectivity index (χ3v) is 5.03. The van der Waals surface area contributed by atoms with Gasteiger partial charge < -0.3 is 19.3 Å². The van der Waals surface area contributed by atoms with Crippen molar-refractivity contribution in [3.8, 4) is 5.75 Å². The van der Waals surface area contributed by atoms with E-state index >= 15 is 0 Å². The van der Waals surface area contributed by atoms with Gasteiger partial charge >= 0.3 is 0 Å². The van der Waals surface area contributed by atoms with Gasteiger partial charge in [0, 0.05) is 39.0 Å². The summed E-state index contributed by atoms with van der Waals surface area (Å²) in [6.45, 7) is 12.0. The third-order valence-electron chi connectivity index (χ3n) is 5.03. The van der Waals surface area contributed by atoms with Crippen LogP contribution in [0.15, 0.2) is 30.7 Å². The molecule has 0 saturated carbocycles. The van der Waals surface area contributed by atoms with Crippen LogP contribution in [-0.2, 0) is 4.74 Å². The Kier molecular flexibility index (Phi) is 6.38. The molecule has 0 amide bonds. The van der Waals surface area contributed by atoms with Crippen LogP contribution >= 0.6 is 0 Å². The number of anilines is 1. The number of aryl methyl sites for hydroxylation is 1. The molecule has 138 valence electrons. The van der Waals surface area contributed by atoms with Crippen molar-refractivity contribution < 1.29 is 9.47 Å². The fourth-order valence-electron chi connectivity index (χ4n) is 3.75. The smallest absolute Gasteiger partial charge is 0.150 e. The molecule has 0 spiro atoms. The van der Waals surface area contributed by atoms with Crippen LogP contribution in [0, 0.1) is 12.8 Å². The molecule has 1 saturated heterocycles. The summed E-state index contributed by atoms with van der Waals surface area (Å²) in [6, 6.07) is 6.37. The van der Waals surface area contributed by atoms with Gasteiger partial charge in [0.15, 0.2) is 0 Å². The summed E-state index contributed by atoms with van der Waals surface area (Å²) >= 11 is 0. The van der Waals surface area contributed by atoms with Crippen LogP contribution in [0.2, 0.25) is 0 Å². The topological polar surface area (TPSA) is 24.9 Å². The third kappa shape index (κ3) is 4.99. The monoisotopic (exact) mass is 344 g/mol. The SMILES string of the molecule is CCCOC1CCN(C[C@@H](C)CN2C=COc3ccc(C)cc32)CC1. The van der Waals surface area contributed by atoms with Crippen LogP contribution in [-0.4, -0.2) is 43.8 Å². The second-order valence-corrected chi connectivity index (χ2v) is 7.50. The van der Waals surface area contributed by atoms with Crippen LogP contribution in [0.3, 0.4) is 0 Å². The number of ether oxygens (including phenoxy) is 2. The first-order valence-electron chi connectivity index (χ1n) is 9.70. The van der Waals surface area contributed by atoms with Crippen molar-refractivity contribution in [3.63, 3.8) is 0 Å². The van der Waals surface area contributed by atoms with E-state index in [-0.39, 0.29) is 0 Å². The van der Waals surface area contributed by atoms with E-state index in [4.69, 9.17) is 9.47 Å². The molecule has 1 aromatic rings. The molecule has 1 aromatic carbocycles. The van der Waals surface area contributed by atoms with Crippen molar-refractivity contribution in [2.24, 2.45) is 5.92 Å². The highest BCUT2D eigenvalue weighted by atomic mass is 16.5. The molecule has 0 bridgehead atoms. The van der Waals surface area contributed by atoms with Crippen molar-refractivity contribution in [1.82, 2.24) is 4.90 Å². The highest BCUT2D eigenvalue weighted by Crippen LogP contribution is 2.33. The second-order valence-electron chi connectivity index (χ2n) is 7.50. The zero-order valence-electron chi connectivity index (χ0n) is 15.9. The van der Waals surface area contributed by atoms with E-state index in [0.717, 1.165) is 45.0 Å². The molecule has 0 aromatic heterocycles. The summed E-state index contributed by atoms with van der Waals surface area (Å²) in [5.41, 5.74) is 2.45. The molecule has 0 aliphatic carbocycles. The average Bonchev–Trinajstić information content (AvgIpc) is 2.61. The van der Waals surface area contributed by atoms with Crippen LogP contribution in [0.5, 0.6) is 5.75 Å². The molecule has 25 heavy (non-hydrogen) atoms. The van der Waals surface area contributed by atoms with Gasteiger partial charge in [0.2, 0.25) is 0 Å². The van der Waals surface area contributed by atoms with Crippen LogP contribution < -0.4 is 9.64 Å². The maximum absolute atomic E-state index is 5.90. The Morgan fingerprint density at radius 3 is 2.80 bits per heavy atom. The lowest BCUT2D eigenvalue weighted by Crippen LogP contribution is -2.41. The maximum atomic E-state index is 5.90. The van der Waals surface area contributed by atoms with Crippen molar-refractivity contribution >= 4 is 5.69 Å². The van der Waals surface area contributed by atoms with Gasteiger partial charge in [-0.15, -0.1) is 0 Å². The van der Waals surface area contributed by atoms with Gasteiger partial charge in [-0.25, -0.2) is 0 Å². The van der Waals surface area contributed by atoms with E-state index in [9.17, 15) is 0 Å². The van der Waals surface area contributed by atoms with Crippen molar-refractivity contribution in [1.29, 1.82) is 0 Å². The Bertz CT molecular complexity index is 579. The molecule has 3 rings (SSSR count). The normalized spacial score (nSPS) is 19.6. The molecule has 2 aliphatic heterocycles. The molecule has 0 unspecified atom stereocenters. The Hall–Kier alpha value is -1.52. The van der Waals surface area contributed by atoms with E-state index in [1.165, 1.54) is 24.1 Å². The first kappa shape index (κ1) is 18.3. The van der Waals surface area contributed by atoms with Crippen LogP contribution in [0.4, 0.5) is 5.69 Å². The number of fused-ring (bicyclic) bond motifs is 1. The molecule has 2 heterocycles. The average molecular weight is 344 g/mol. The van der Waals surface area contributed by atoms with Crippen molar-refractivity contribution in [2.75, 3.05) is 37.7 Å². The molecule has 1 atom stereocenters. The van der Waals surface area contributed by atoms with E-state index in [2.05, 4.69) is 55.0 Å². The van der Waals surface area contributed by atoms with Gasteiger partial charge in [0.05, 0.1) is 11.8 Å². The number of hydrogen-bond donors (Lipinski definition) is 0.